The summed E-state index contributed by atoms with van der Waals surface area (Å²) in [6.45, 7) is 5.40. The largest absolute Gasteiger partial charge is 0.481 e. The van der Waals surface area contributed by atoms with Crippen LogP contribution in [0, 0.1) is 5.41 Å². The van der Waals surface area contributed by atoms with Gasteiger partial charge in [-0.25, -0.2) is 4.57 Å². The van der Waals surface area contributed by atoms with E-state index in [1.165, 1.54) is 0 Å². The summed E-state index contributed by atoms with van der Waals surface area (Å²) in [4.78, 5) is 57.9. The molecular weight excluding hydrogens is 511 g/mol. The molecule has 5 N–H and O–H groups in total. The van der Waals surface area contributed by atoms with E-state index in [-0.39, 0.29) is 52.4 Å². The molecule has 0 aliphatic carbocycles. The van der Waals surface area contributed by atoms with Gasteiger partial charge in [0.15, 0.2) is 0 Å². The number of quaternary nitrogens is 1. The first kappa shape index (κ1) is 34.9. The Morgan fingerprint density at radius 2 is 1.57 bits per heavy atom. The quantitative estimate of drug-likeness (QED) is 0.0768. The Morgan fingerprint density at radius 1 is 0.973 bits per heavy atom. The number of carbonyl (C=O) groups excluding carboxylic acids is 3. The van der Waals surface area contributed by atoms with Gasteiger partial charge in [-0.2, -0.15) is 0 Å². The fraction of sp³-hybridized carbons (Fsp3) is 0.818. The minimum atomic E-state index is -4.30. The molecule has 0 aliphatic heterocycles. The summed E-state index contributed by atoms with van der Waals surface area (Å²) < 4.78 is 27.3. The number of amides is 3. The number of aliphatic carboxylic acids is 1. The number of carbonyl (C=O) groups is 4. The fourth-order valence-corrected chi connectivity index (χ4v) is 3.14. The van der Waals surface area contributed by atoms with Crippen molar-refractivity contribution >= 4 is 31.5 Å². The maximum Gasteiger partial charge on any atom is 0.472 e. The Kier molecular flexibility index (Phi) is 15.7. The van der Waals surface area contributed by atoms with Gasteiger partial charge in [0.2, 0.25) is 17.7 Å². The number of nitrogens with one attached hydrogen (secondary N) is 3. The molecule has 0 aromatic rings. The smallest absolute Gasteiger partial charge is 0.472 e. The molecule has 0 rings (SSSR count). The minimum Gasteiger partial charge on any atom is -0.481 e. The van der Waals surface area contributed by atoms with E-state index in [4.69, 9.17) is 18.9 Å². The summed E-state index contributed by atoms with van der Waals surface area (Å²) in [6.07, 6.45) is -0.0198. The monoisotopic (exact) mass is 555 g/mol. The van der Waals surface area contributed by atoms with Crippen molar-refractivity contribution in [1.82, 2.24) is 16.0 Å². The van der Waals surface area contributed by atoms with Crippen molar-refractivity contribution in [3.8, 4) is 0 Å². The topological polar surface area (TPSA) is 190 Å². The molecule has 3 amide bonds. The number of rotatable bonds is 20. The van der Waals surface area contributed by atoms with Crippen LogP contribution in [0.3, 0.4) is 0 Å². The lowest BCUT2D eigenvalue weighted by Gasteiger charge is -2.26. The third-order valence-electron chi connectivity index (χ3n) is 5.21. The molecule has 0 fully saturated rings. The average molecular weight is 556 g/mol. The van der Waals surface area contributed by atoms with Crippen LogP contribution in [0.15, 0.2) is 0 Å². The number of phosphoric ester groups is 1. The highest BCUT2D eigenvalue weighted by Crippen LogP contribution is 2.42. The molecule has 0 spiro atoms. The van der Waals surface area contributed by atoms with E-state index in [1.54, 1.807) is 13.8 Å². The highest BCUT2D eigenvalue weighted by atomic mass is 31.2. The second kappa shape index (κ2) is 16.7. The Balaban J connectivity index is 4.79. The summed E-state index contributed by atoms with van der Waals surface area (Å²) in [7, 11) is 1.39. The third kappa shape index (κ3) is 17.9. The SMILES string of the molecule is CCC(C)(C)C(=O)NC(CC(=O)NCCOCCC(=O)O)C(=O)NCCOP(=O)(O)OCC[N+](C)(C)C. The van der Waals surface area contributed by atoms with Crippen molar-refractivity contribution in [3.63, 3.8) is 0 Å². The van der Waals surface area contributed by atoms with Gasteiger partial charge in [0, 0.05) is 18.5 Å². The number of likely N-dealkylation sites (N-methyl/N-ethyl adjacent to an activating group) is 1. The predicted octanol–water partition coefficient (Wildman–Crippen LogP) is -0.139. The lowest BCUT2D eigenvalue weighted by molar-refractivity contribution is -0.870. The van der Waals surface area contributed by atoms with Crippen LogP contribution in [0.1, 0.15) is 40.0 Å². The van der Waals surface area contributed by atoms with Gasteiger partial charge in [0.05, 0.1) is 53.8 Å². The van der Waals surface area contributed by atoms with Gasteiger partial charge in [-0.1, -0.05) is 20.8 Å². The number of hydrogen-bond donors (Lipinski definition) is 5. The summed E-state index contributed by atoms with van der Waals surface area (Å²) in [5, 5.41) is 16.2. The molecule has 0 aromatic heterocycles. The maximum atomic E-state index is 12.7. The lowest BCUT2D eigenvalue weighted by Crippen LogP contribution is -2.52. The summed E-state index contributed by atoms with van der Waals surface area (Å²) >= 11 is 0. The summed E-state index contributed by atoms with van der Waals surface area (Å²) in [6, 6.07) is -1.20. The van der Waals surface area contributed by atoms with Crippen LogP contribution in [0.25, 0.3) is 0 Å². The van der Waals surface area contributed by atoms with Crippen LogP contribution < -0.4 is 16.0 Å². The molecule has 37 heavy (non-hydrogen) atoms. The number of hydrogen-bond acceptors (Lipinski definition) is 8. The number of carboxylic acids is 1. The van der Waals surface area contributed by atoms with Crippen LogP contribution in [-0.4, -0.2) is 111 Å². The predicted molar refractivity (Wildman–Crippen MR) is 134 cm³/mol. The van der Waals surface area contributed by atoms with Gasteiger partial charge in [0.1, 0.15) is 19.2 Å². The Morgan fingerprint density at radius 3 is 2.14 bits per heavy atom. The molecule has 2 unspecified atom stereocenters. The first-order valence-corrected chi connectivity index (χ1v) is 13.6. The van der Waals surface area contributed by atoms with E-state index in [0.29, 0.717) is 17.4 Å². The molecule has 0 heterocycles. The first-order chi connectivity index (χ1) is 17.0. The van der Waals surface area contributed by atoms with E-state index < -0.39 is 43.0 Å². The second-order valence-electron chi connectivity index (χ2n) is 10.0. The number of nitrogens with zero attached hydrogens (tertiary/aromatic N) is 1. The van der Waals surface area contributed by atoms with Crippen molar-refractivity contribution < 1.29 is 52.0 Å². The molecule has 0 saturated heterocycles. The molecule has 15 heteroatoms. The zero-order chi connectivity index (χ0) is 28.7. The minimum absolute atomic E-state index is 0.00207. The van der Waals surface area contributed by atoms with Gasteiger partial charge in [-0.15, -0.1) is 0 Å². The molecule has 0 aliphatic rings. The van der Waals surface area contributed by atoms with Crippen molar-refractivity contribution in [2.45, 2.75) is 46.1 Å². The molecule has 0 bridgehead atoms. The first-order valence-electron chi connectivity index (χ1n) is 12.1. The van der Waals surface area contributed by atoms with E-state index in [0.717, 1.165) is 0 Å². The number of phosphoric acid groups is 1. The molecule has 14 nitrogen and oxygen atoms in total. The average Bonchev–Trinajstić information content (AvgIpc) is 2.77. The molecule has 0 saturated carbocycles. The van der Waals surface area contributed by atoms with Gasteiger partial charge < -0.3 is 35.2 Å². The molecule has 0 radical (unpaired) electrons. The highest BCUT2D eigenvalue weighted by molar-refractivity contribution is 7.47. The van der Waals surface area contributed by atoms with E-state index in [9.17, 15) is 28.6 Å². The van der Waals surface area contributed by atoms with Crippen LogP contribution in [0.4, 0.5) is 0 Å². The Labute approximate surface area is 218 Å². The summed E-state index contributed by atoms with van der Waals surface area (Å²) in [5.41, 5.74) is -0.775. The van der Waals surface area contributed by atoms with Gasteiger partial charge >= 0.3 is 13.8 Å². The van der Waals surface area contributed by atoms with Crippen LogP contribution in [0.5, 0.6) is 0 Å². The van der Waals surface area contributed by atoms with Crippen molar-refractivity contribution in [3.05, 3.63) is 0 Å². The lowest BCUT2D eigenvalue weighted by atomic mass is 9.89. The van der Waals surface area contributed by atoms with Gasteiger partial charge in [0.25, 0.3) is 0 Å². The Bertz CT molecular complexity index is 801. The zero-order valence-corrected chi connectivity index (χ0v) is 23.6. The molecule has 0 aromatic carbocycles. The second-order valence-corrected chi connectivity index (χ2v) is 11.5. The van der Waals surface area contributed by atoms with Gasteiger partial charge in [-0.3, -0.25) is 28.2 Å². The van der Waals surface area contributed by atoms with E-state index in [1.807, 2.05) is 28.1 Å². The van der Waals surface area contributed by atoms with Crippen molar-refractivity contribution in [1.29, 1.82) is 0 Å². The van der Waals surface area contributed by atoms with Gasteiger partial charge in [-0.05, 0) is 6.42 Å². The van der Waals surface area contributed by atoms with Crippen LogP contribution in [-0.2, 0) is 37.5 Å². The van der Waals surface area contributed by atoms with Crippen LogP contribution in [0.2, 0.25) is 0 Å². The van der Waals surface area contributed by atoms with Crippen molar-refractivity contribution in [2.75, 3.05) is 67.2 Å². The van der Waals surface area contributed by atoms with Crippen molar-refractivity contribution in [2.24, 2.45) is 5.41 Å². The zero-order valence-electron chi connectivity index (χ0n) is 22.7. The molecular formula is C22H44N4O10P+. The highest BCUT2D eigenvalue weighted by Gasteiger charge is 2.31. The molecule has 2 atom stereocenters. The standard InChI is InChI=1S/C22H43N4O10P/c1-7-22(2,3)21(31)25-17(16-18(27)23-9-13-34-12-8-19(28)29)20(30)24-10-14-35-37(32,33)36-15-11-26(4,5)6/h17H,7-16H2,1-6H3,(H4-,23,24,25,27,28,29,30,31,32,33)/p+1. The van der Waals surface area contributed by atoms with E-state index in [2.05, 4.69) is 16.0 Å². The van der Waals surface area contributed by atoms with E-state index >= 15 is 0 Å². The molecule has 216 valence electrons. The summed E-state index contributed by atoms with van der Waals surface area (Å²) in [5.74, 6) is -2.61. The maximum absolute atomic E-state index is 12.7. The number of ether oxygens (including phenoxy) is 1. The Hall–Kier alpha value is -2.09. The van der Waals surface area contributed by atoms with Crippen LogP contribution >= 0.6 is 7.82 Å². The fourth-order valence-electron chi connectivity index (χ4n) is 2.43. The number of carboxylic acid groups (broad SMARTS) is 1. The normalized spacial score (nSPS) is 14.4. The third-order valence-corrected chi connectivity index (χ3v) is 6.23.